The molecule has 0 N–H and O–H groups in total. The third kappa shape index (κ3) is 1.92. The van der Waals surface area contributed by atoms with Gasteiger partial charge in [0.1, 0.15) is 0 Å². The van der Waals surface area contributed by atoms with Crippen molar-refractivity contribution in [2.45, 2.75) is 57.0 Å². The van der Waals surface area contributed by atoms with E-state index in [4.69, 9.17) is 9.47 Å². The van der Waals surface area contributed by atoms with Gasteiger partial charge >= 0.3 is 0 Å². The molecule has 2 heterocycles. The van der Waals surface area contributed by atoms with Gasteiger partial charge in [0.2, 0.25) is 0 Å². The molecule has 2 nitrogen and oxygen atoms in total. The van der Waals surface area contributed by atoms with Crippen LogP contribution in [0.3, 0.4) is 0 Å². The Morgan fingerprint density at radius 1 is 1.15 bits per heavy atom. The minimum absolute atomic E-state index is 0.130. The van der Waals surface area contributed by atoms with Crippen molar-refractivity contribution >= 4 is 15.9 Å². The molecule has 2 aliphatic heterocycles. The van der Waals surface area contributed by atoms with Gasteiger partial charge in [0, 0.05) is 5.33 Å². The van der Waals surface area contributed by atoms with E-state index in [0.717, 1.165) is 18.2 Å². The molecule has 0 radical (unpaired) electrons. The number of hydrogen-bond donors (Lipinski definition) is 0. The molecule has 3 atom stereocenters. The topological polar surface area (TPSA) is 25.1 Å². The van der Waals surface area contributed by atoms with E-state index in [0.29, 0.717) is 12.2 Å². The van der Waals surface area contributed by atoms with Crippen molar-refractivity contribution in [1.82, 2.24) is 0 Å². The van der Waals surface area contributed by atoms with Crippen LogP contribution in [-0.4, -0.2) is 28.7 Å². The van der Waals surface area contributed by atoms with E-state index in [1.54, 1.807) is 0 Å². The van der Waals surface area contributed by atoms with Crippen molar-refractivity contribution in [3.05, 3.63) is 0 Å². The zero-order valence-electron chi connectivity index (χ0n) is 8.47. The van der Waals surface area contributed by atoms with Gasteiger partial charge in [-0.3, -0.25) is 0 Å². The van der Waals surface area contributed by atoms with E-state index in [2.05, 4.69) is 36.7 Å². The molecule has 2 fully saturated rings. The maximum Gasteiger partial charge on any atom is 0.0967 e. The number of alkyl halides is 1. The van der Waals surface area contributed by atoms with Crippen LogP contribution in [0.5, 0.6) is 0 Å². The van der Waals surface area contributed by atoms with Crippen molar-refractivity contribution in [3.63, 3.8) is 0 Å². The second-order valence-corrected chi connectivity index (χ2v) is 5.47. The zero-order valence-corrected chi connectivity index (χ0v) is 10.1. The maximum atomic E-state index is 5.60. The Labute approximate surface area is 88.1 Å². The van der Waals surface area contributed by atoms with E-state index in [1.807, 2.05) is 0 Å². The number of ether oxygens (including phenoxy) is 2. The molecular formula is C10H17BrO2. The van der Waals surface area contributed by atoms with Gasteiger partial charge in [-0.25, -0.2) is 0 Å². The summed E-state index contributed by atoms with van der Waals surface area (Å²) in [5, 5.41) is 0.957. The fourth-order valence-electron chi connectivity index (χ4n) is 1.86. The van der Waals surface area contributed by atoms with E-state index >= 15 is 0 Å². The highest BCUT2D eigenvalue weighted by Crippen LogP contribution is 2.45. The molecular weight excluding hydrogens is 232 g/mol. The lowest BCUT2D eigenvalue weighted by atomic mass is 9.98. The highest BCUT2D eigenvalue weighted by molar-refractivity contribution is 9.09. The molecule has 2 aliphatic rings. The maximum absolute atomic E-state index is 5.60. The number of rotatable bonds is 4. The summed E-state index contributed by atoms with van der Waals surface area (Å²) < 4.78 is 11.1. The van der Waals surface area contributed by atoms with Gasteiger partial charge in [0.25, 0.3) is 0 Å². The summed E-state index contributed by atoms with van der Waals surface area (Å²) in [6.07, 6.45) is 3.14. The minimum Gasteiger partial charge on any atom is -0.367 e. The third-order valence-corrected chi connectivity index (χ3v) is 3.83. The van der Waals surface area contributed by atoms with Crippen LogP contribution in [0.25, 0.3) is 0 Å². The Balaban J connectivity index is 1.70. The molecule has 1 unspecified atom stereocenters. The summed E-state index contributed by atoms with van der Waals surface area (Å²) in [4.78, 5) is 0. The lowest BCUT2D eigenvalue weighted by molar-refractivity contribution is 0.277. The summed E-state index contributed by atoms with van der Waals surface area (Å²) in [5.74, 6) is 0. The quantitative estimate of drug-likeness (QED) is 0.565. The molecule has 2 rings (SSSR count). The number of halogens is 1. The summed E-state index contributed by atoms with van der Waals surface area (Å²) in [6.45, 7) is 6.49. The molecule has 0 bridgehead atoms. The molecule has 3 heteroatoms. The smallest absolute Gasteiger partial charge is 0.0967 e. The first-order valence-corrected chi connectivity index (χ1v) is 6.02. The lowest BCUT2D eigenvalue weighted by Crippen LogP contribution is -2.13. The van der Waals surface area contributed by atoms with Crippen LogP contribution >= 0.6 is 15.9 Å². The fourth-order valence-corrected chi connectivity index (χ4v) is 2.68. The van der Waals surface area contributed by atoms with Crippen molar-refractivity contribution in [1.29, 1.82) is 0 Å². The van der Waals surface area contributed by atoms with Crippen LogP contribution in [0.15, 0.2) is 0 Å². The first kappa shape index (κ1) is 9.94. The summed E-state index contributed by atoms with van der Waals surface area (Å²) >= 11 is 3.44. The molecule has 0 saturated carbocycles. The predicted octanol–water partition coefficient (Wildman–Crippen LogP) is 2.50. The average molecular weight is 249 g/mol. The van der Waals surface area contributed by atoms with Crippen LogP contribution < -0.4 is 0 Å². The second kappa shape index (κ2) is 2.94. The van der Waals surface area contributed by atoms with Gasteiger partial charge < -0.3 is 9.47 Å². The Morgan fingerprint density at radius 2 is 1.77 bits per heavy atom. The minimum atomic E-state index is 0.130. The van der Waals surface area contributed by atoms with Crippen LogP contribution in [-0.2, 0) is 9.47 Å². The monoisotopic (exact) mass is 248 g/mol. The predicted molar refractivity (Wildman–Crippen MR) is 55.3 cm³/mol. The molecule has 0 amide bonds. The number of epoxide rings is 2. The Kier molecular flexibility index (Phi) is 2.25. The van der Waals surface area contributed by atoms with Crippen molar-refractivity contribution < 1.29 is 9.47 Å². The largest absolute Gasteiger partial charge is 0.367 e. The number of hydrogen-bond acceptors (Lipinski definition) is 2. The van der Waals surface area contributed by atoms with Gasteiger partial charge in [-0.1, -0.05) is 15.9 Å². The average Bonchev–Trinajstić information content (AvgIpc) is 2.87. The second-order valence-electron chi connectivity index (χ2n) is 4.82. The van der Waals surface area contributed by atoms with Gasteiger partial charge in [-0.05, 0) is 33.6 Å². The fraction of sp³-hybridized carbons (Fsp3) is 1.00. The molecule has 0 aromatic carbocycles. The van der Waals surface area contributed by atoms with Gasteiger partial charge in [0.15, 0.2) is 0 Å². The highest BCUT2D eigenvalue weighted by Gasteiger charge is 2.54. The Hall–Kier alpha value is 0.400. The summed E-state index contributed by atoms with van der Waals surface area (Å²) in [6, 6.07) is 0. The van der Waals surface area contributed by atoms with E-state index in [1.165, 1.54) is 0 Å². The first-order valence-electron chi connectivity index (χ1n) is 4.89. The molecule has 13 heavy (non-hydrogen) atoms. The van der Waals surface area contributed by atoms with Crippen molar-refractivity contribution in [2.75, 3.05) is 5.33 Å². The van der Waals surface area contributed by atoms with Gasteiger partial charge in [-0.15, -0.1) is 0 Å². The van der Waals surface area contributed by atoms with E-state index < -0.39 is 0 Å². The summed E-state index contributed by atoms with van der Waals surface area (Å²) in [7, 11) is 0. The molecule has 76 valence electrons. The first-order chi connectivity index (χ1) is 5.98. The van der Waals surface area contributed by atoms with Crippen LogP contribution in [0.1, 0.15) is 33.6 Å². The van der Waals surface area contributed by atoms with Gasteiger partial charge in [-0.2, -0.15) is 0 Å². The summed E-state index contributed by atoms with van der Waals surface area (Å²) in [5.41, 5.74) is 0.265. The lowest BCUT2D eigenvalue weighted by Gasteiger charge is -2.03. The van der Waals surface area contributed by atoms with Crippen LogP contribution in [0.4, 0.5) is 0 Å². The van der Waals surface area contributed by atoms with Gasteiger partial charge in [0.05, 0.1) is 23.4 Å². The molecule has 0 aliphatic carbocycles. The highest BCUT2D eigenvalue weighted by atomic mass is 79.9. The van der Waals surface area contributed by atoms with Crippen LogP contribution in [0, 0.1) is 0 Å². The van der Waals surface area contributed by atoms with Crippen LogP contribution in [0.2, 0.25) is 0 Å². The third-order valence-electron chi connectivity index (χ3n) is 3.24. The van der Waals surface area contributed by atoms with E-state index in [-0.39, 0.29) is 11.2 Å². The van der Waals surface area contributed by atoms with Crippen molar-refractivity contribution in [3.8, 4) is 0 Å². The molecule has 2 saturated heterocycles. The standard InChI is InChI=1S/C10H17BrO2/c1-9(2)7(12-9)4-5-10(3)8(6-11)13-10/h7-8H,4-6H2,1-3H3/t7-,8?,10-/m0/s1. The zero-order chi connectivity index (χ0) is 9.69. The Morgan fingerprint density at radius 3 is 2.15 bits per heavy atom. The molecule has 0 aromatic rings. The van der Waals surface area contributed by atoms with E-state index in [9.17, 15) is 0 Å². The normalized spacial score (nSPS) is 46.2. The molecule has 0 aromatic heterocycles. The SMILES string of the molecule is CC1(C)O[C@H]1CC[C@]1(C)OC1CBr. The van der Waals surface area contributed by atoms with Crippen molar-refractivity contribution in [2.24, 2.45) is 0 Å². The Bertz CT molecular complexity index is 217. The molecule has 0 spiro atoms.